The predicted molar refractivity (Wildman–Crippen MR) is 147 cm³/mol. The van der Waals surface area contributed by atoms with Crippen LogP contribution in [-0.4, -0.2) is 90.8 Å². The van der Waals surface area contributed by atoms with Crippen molar-refractivity contribution in [2.45, 2.75) is 73.6 Å². The Morgan fingerprint density at radius 2 is 1.90 bits per heavy atom. The molecule has 4 aliphatic heterocycles. The Bertz CT molecular complexity index is 1310. The lowest BCUT2D eigenvalue weighted by Gasteiger charge is -2.43. The van der Waals surface area contributed by atoms with E-state index >= 15 is 0 Å². The number of amides is 1. The number of aromatic nitrogens is 1. The van der Waals surface area contributed by atoms with E-state index in [1.165, 1.54) is 4.31 Å². The molecular formula is C29H38N4O6S. The molecule has 2 N–H and O–H groups in total. The molecule has 3 fully saturated rings. The van der Waals surface area contributed by atoms with Gasteiger partial charge in [0.1, 0.15) is 16.7 Å². The minimum atomic E-state index is -4.09. The third-order valence-corrected chi connectivity index (χ3v) is 10.9. The first-order chi connectivity index (χ1) is 19.3. The quantitative estimate of drug-likeness (QED) is 0.575. The zero-order valence-corrected chi connectivity index (χ0v) is 23.5. The lowest BCUT2D eigenvalue weighted by atomic mass is 9.84. The average Bonchev–Trinajstić information content (AvgIpc) is 3.37. The zero-order chi connectivity index (χ0) is 27.7. The number of ether oxygens (including phenoxy) is 2. The molecule has 3 saturated heterocycles. The molecule has 1 aromatic carbocycles. The lowest BCUT2D eigenvalue weighted by molar-refractivity contribution is -0.127. The number of piperidine rings is 1. The maximum atomic E-state index is 13.9. The molecular weight excluding hydrogens is 532 g/mol. The van der Waals surface area contributed by atoms with E-state index in [1.54, 1.807) is 12.3 Å². The van der Waals surface area contributed by atoms with E-state index in [9.17, 15) is 18.3 Å². The van der Waals surface area contributed by atoms with Crippen LogP contribution in [0, 0.1) is 0 Å². The minimum Gasteiger partial charge on any atom is -0.492 e. The molecule has 2 atom stereocenters. The second-order valence-corrected chi connectivity index (χ2v) is 13.4. The second kappa shape index (κ2) is 11.4. The molecule has 0 bridgehead atoms. The van der Waals surface area contributed by atoms with Crippen molar-refractivity contribution in [3.63, 3.8) is 0 Å². The van der Waals surface area contributed by atoms with Crippen LogP contribution >= 0.6 is 0 Å². The summed E-state index contributed by atoms with van der Waals surface area (Å²) in [4.78, 5) is 20.3. The topological polar surface area (TPSA) is 121 Å². The Morgan fingerprint density at radius 3 is 2.65 bits per heavy atom. The van der Waals surface area contributed by atoms with Gasteiger partial charge in [-0.3, -0.25) is 14.7 Å². The fraction of sp³-hybridized carbons (Fsp3) is 0.586. The first kappa shape index (κ1) is 27.6. The Balaban J connectivity index is 1.28. The molecule has 1 amide bonds. The van der Waals surface area contributed by atoms with Crippen LogP contribution in [-0.2, 0) is 26.1 Å². The van der Waals surface area contributed by atoms with Gasteiger partial charge in [-0.1, -0.05) is 12.1 Å². The molecule has 6 rings (SSSR count). The van der Waals surface area contributed by atoms with Crippen LogP contribution < -0.4 is 10.1 Å². The summed E-state index contributed by atoms with van der Waals surface area (Å²) in [7, 11) is -4.09. The van der Waals surface area contributed by atoms with Gasteiger partial charge in [-0.05, 0) is 60.9 Å². The van der Waals surface area contributed by atoms with Crippen molar-refractivity contribution in [3.05, 3.63) is 53.9 Å². The summed E-state index contributed by atoms with van der Waals surface area (Å²) in [5.74, 6) is 0.259. The van der Waals surface area contributed by atoms with Crippen LogP contribution in [0.4, 0.5) is 0 Å². The highest BCUT2D eigenvalue weighted by Gasteiger charge is 2.47. The molecule has 0 unspecified atom stereocenters. The number of pyridine rings is 1. The van der Waals surface area contributed by atoms with Crippen molar-refractivity contribution in [3.8, 4) is 5.75 Å². The maximum absolute atomic E-state index is 13.9. The van der Waals surface area contributed by atoms with Gasteiger partial charge in [-0.15, -0.1) is 0 Å². The van der Waals surface area contributed by atoms with Gasteiger partial charge in [0.25, 0.3) is 0 Å². The first-order valence-electron chi connectivity index (χ1n) is 14.3. The molecule has 5 heterocycles. The highest BCUT2D eigenvalue weighted by molar-refractivity contribution is 7.89. The number of nitrogens with zero attached hydrogens (tertiary/aromatic N) is 3. The molecule has 1 aromatic heterocycles. The van der Waals surface area contributed by atoms with E-state index in [2.05, 4.69) is 21.3 Å². The number of fused-ring (bicyclic) bond motifs is 2. The lowest BCUT2D eigenvalue weighted by Crippen LogP contribution is -2.59. The number of carbonyl (C=O) groups excluding carboxylic acids is 1. The van der Waals surface area contributed by atoms with Crippen molar-refractivity contribution in [2.75, 3.05) is 39.5 Å². The number of aliphatic hydroxyl groups excluding tert-OH is 1. The number of likely N-dealkylation sites (tertiary alicyclic amines) is 1. The number of rotatable bonds is 3. The summed E-state index contributed by atoms with van der Waals surface area (Å²) >= 11 is 0. The van der Waals surface area contributed by atoms with E-state index < -0.39 is 27.7 Å². The van der Waals surface area contributed by atoms with Gasteiger partial charge < -0.3 is 19.9 Å². The molecule has 4 aliphatic rings. The molecule has 10 nitrogen and oxygen atoms in total. The first-order valence-corrected chi connectivity index (χ1v) is 15.7. The monoisotopic (exact) mass is 570 g/mol. The summed E-state index contributed by atoms with van der Waals surface area (Å²) in [5.41, 5.74) is 1.66. The van der Waals surface area contributed by atoms with E-state index in [4.69, 9.17) is 9.47 Å². The molecule has 11 heteroatoms. The van der Waals surface area contributed by atoms with Crippen LogP contribution in [0.2, 0.25) is 0 Å². The smallest absolute Gasteiger partial charge is 0.247 e. The van der Waals surface area contributed by atoms with Crippen LogP contribution in [0.5, 0.6) is 5.75 Å². The Hall–Kier alpha value is -2.57. The summed E-state index contributed by atoms with van der Waals surface area (Å²) in [6.07, 6.45) is 6.57. The second-order valence-electron chi connectivity index (χ2n) is 11.6. The molecule has 1 spiro atoms. The average molecular weight is 571 g/mol. The summed E-state index contributed by atoms with van der Waals surface area (Å²) in [6, 6.07) is 8.36. The van der Waals surface area contributed by atoms with Gasteiger partial charge in [-0.2, -0.15) is 4.31 Å². The standard InChI is InChI=1S/C29H38N4O6S/c34-24-17-25-28(35)31-29(7-11-32(12-8-29)19-21-2-1-10-30-18-21)9-15-39-26-16-23(22-5-13-38-14-6-22)3-4-27(26)40(36,37)33(25)20-24/h1-4,10,16,18,22,24-25,34H,5-9,11-15,17,19-20H2,(H,31,35)/t24-,25+/m1/s1. The molecule has 216 valence electrons. The highest BCUT2D eigenvalue weighted by Crippen LogP contribution is 2.38. The fourth-order valence-electron chi connectivity index (χ4n) is 6.58. The highest BCUT2D eigenvalue weighted by atomic mass is 32.2. The number of nitrogens with one attached hydrogen (secondary N) is 1. The number of benzene rings is 1. The van der Waals surface area contributed by atoms with Gasteiger partial charge in [0, 0.05) is 70.2 Å². The number of carbonyl (C=O) groups is 1. The van der Waals surface area contributed by atoms with Crippen LogP contribution in [0.1, 0.15) is 55.6 Å². The summed E-state index contributed by atoms with van der Waals surface area (Å²) in [6.45, 7) is 3.90. The normalized spacial score (nSPS) is 27.7. The van der Waals surface area contributed by atoms with Crippen molar-refractivity contribution in [2.24, 2.45) is 0 Å². The van der Waals surface area contributed by atoms with Gasteiger partial charge >= 0.3 is 0 Å². The predicted octanol–water partition coefficient (Wildman–Crippen LogP) is 2.03. The number of hydrogen-bond donors (Lipinski definition) is 2. The van der Waals surface area contributed by atoms with Crippen LogP contribution in [0.25, 0.3) is 0 Å². The van der Waals surface area contributed by atoms with E-state index in [-0.39, 0.29) is 36.3 Å². The maximum Gasteiger partial charge on any atom is 0.247 e. The zero-order valence-electron chi connectivity index (χ0n) is 22.7. The molecule has 2 aromatic rings. The summed E-state index contributed by atoms with van der Waals surface area (Å²) < 4.78 is 40.8. The Morgan fingerprint density at radius 1 is 1.10 bits per heavy atom. The van der Waals surface area contributed by atoms with E-state index in [0.29, 0.717) is 25.4 Å². The molecule has 0 aliphatic carbocycles. The van der Waals surface area contributed by atoms with Crippen LogP contribution in [0.15, 0.2) is 47.6 Å². The molecule has 0 radical (unpaired) electrons. The van der Waals surface area contributed by atoms with Crippen molar-refractivity contribution in [1.29, 1.82) is 0 Å². The Labute approximate surface area is 235 Å². The van der Waals surface area contributed by atoms with E-state index in [1.807, 2.05) is 24.4 Å². The van der Waals surface area contributed by atoms with Crippen molar-refractivity contribution in [1.82, 2.24) is 19.5 Å². The number of hydrogen-bond acceptors (Lipinski definition) is 8. The molecule has 0 saturated carbocycles. The van der Waals surface area contributed by atoms with Crippen molar-refractivity contribution >= 4 is 15.9 Å². The van der Waals surface area contributed by atoms with E-state index in [0.717, 1.165) is 56.4 Å². The number of sulfonamides is 1. The number of aliphatic hydroxyl groups is 1. The third-order valence-electron chi connectivity index (χ3n) is 8.95. The van der Waals surface area contributed by atoms with Gasteiger partial charge in [0.05, 0.1) is 12.7 Å². The largest absolute Gasteiger partial charge is 0.492 e. The van der Waals surface area contributed by atoms with Gasteiger partial charge in [0.15, 0.2) is 0 Å². The van der Waals surface area contributed by atoms with Gasteiger partial charge in [-0.25, -0.2) is 8.42 Å². The summed E-state index contributed by atoms with van der Waals surface area (Å²) in [5, 5.41) is 13.7. The van der Waals surface area contributed by atoms with Crippen LogP contribution in [0.3, 0.4) is 0 Å². The fourth-order valence-corrected chi connectivity index (χ4v) is 8.33. The third kappa shape index (κ3) is 5.62. The molecule has 40 heavy (non-hydrogen) atoms. The van der Waals surface area contributed by atoms with Gasteiger partial charge in [0.2, 0.25) is 15.9 Å². The van der Waals surface area contributed by atoms with Crippen molar-refractivity contribution < 1.29 is 27.8 Å². The Kier molecular flexibility index (Phi) is 7.84. The SMILES string of the molecule is O=C1NC2(CCOc3cc(C4CCOCC4)ccc3S(=O)(=O)N3C[C@H](O)C[C@@H]13)CCN(Cc1cccnc1)CC2. The minimum absolute atomic E-state index is 0.0532.